The molecule has 4 N–H and O–H groups in total. The first-order chi connectivity index (χ1) is 6.50. The lowest BCUT2D eigenvalue weighted by atomic mass is 10.2. The molecule has 0 saturated carbocycles. The van der Waals surface area contributed by atoms with Gasteiger partial charge in [0.15, 0.2) is 6.61 Å². The van der Waals surface area contributed by atoms with E-state index in [-0.39, 0.29) is 6.61 Å². The zero-order valence-electron chi connectivity index (χ0n) is 7.71. The standard InChI is InChI=1S/C9H11BrN2O2/c1-5-2-6(10)3-7(11)9(5)14-4-8(12)13/h2-3H,4,11H2,1H3,(H2,12,13). The second-order valence-corrected chi connectivity index (χ2v) is 3.81. The lowest BCUT2D eigenvalue weighted by Gasteiger charge is -2.10. The number of anilines is 1. The summed E-state index contributed by atoms with van der Waals surface area (Å²) in [5.41, 5.74) is 12.0. The van der Waals surface area contributed by atoms with Crippen LogP contribution in [0, 0.1) is 6.92 Å². The van der Waals surface area contributed by atoms with Gasteiger partial charge >= 0.3 is 0 Å². The van der Waals surface area contributed by atoms with Crippen LogP contribution >= 0.6 is 15.9 Å². The third-order valence-corrected chi connectivity index (χ3v) is 2.08. The Morgan fingerprint density at radius 1 is 1.57 bits per heavy atom. The van der Waals surface area contributed by atoms with Crippen molar-refractivity contribution in [3.8, 4) is 5.75 Å². The Morgan fingerprint density at radius 2 is 2.21 bits per heavy atom. The predicted molar refractivity (Wildman–Crippen MR) is 58.0 cm³/mol. The molecule has 14 heavy (non-hydrogen) atoms. The van der Waals surface area contributed by atoms with E-state index in [0.29, 0.717) is 11.4 Å². The molecular weight excluding hydrogens is 248 g/mol. The van der Waals surface area contributed by atoms with Crippen LogP contribution in [0.4, 0.5) is 5.69 Å². The van der Waals surface area contributed by atoms with E-state index >= 15 is 0 Å². The summed E-state index contributed by atoms with van der Waals surface area (Å²) in [6, 6.07) is 3.57. The van der Waals surface area contributed by atoms with Crippen molar-refractivity contribution in [1.29, 1.82) is 0 Å². The summed E-state index contributed by atoms with van der Waals surface area (Å²) < 4.78 is 6.04. The molecule has 0 spiro atoms. The molecule has 0 radical (unpaired) electrons. The summed E-state index contributed by atoms with van der Waals surface area (Å²) in [4.78, 5) is 10.5. The van der Waals surface area contributed by atoms with Crippen molar-refractivity contribution in [3.05, 3.63) is 22.2 Å². The van der Waals surface area contributed by atoms with E-state index in [0.717, 1.165) is 10.0 Å². The van der Waals surface area contributed by atoms with Gasteiger partial charge in [0, 0.05) is 4.47 Å². The van der Waals surface area contributed by atoms with Crippen LogP contribution in [0.15, 0.2) is 16.6 Å². The highest BCUT2D eigenvalue weighted by Crippen LogP contribution is 2.29. The van der Waals surface area contributed by atoms with Gasteiger partial charge in [-0.2, -0.15) is 0 Å². The summed E-state index contributed by atoms with van der Waals surface area (Å²) in [5, 5.41) is 0. The lowest BCUT2D eigenvalue weighted by Crippen LogP contribution is -2.20. The summed E-state index contributed by atoms with van der Waals surface area (Å²) in [7, 11) is 0. The number of hydrogen-bond donors (Lipinski definition) is 2. The first-order valence-electron chi connectivity index (χ1n) is 3.97. The number of rotatable bonds is 3. The van der Waals surface area contributed by atoms with Gasteiger partial charge in [-0.1, -0.05) is 15.9 Å². The van der Waals surface area contributed by atoms with Crippen LogP contribution in [-0.4, -0.2) is 12.5 Å². The van der Waals surface area contributed by atoms with Gasteiger partial charge in [0.05, 0.1) is 5.69 Å². The quantitative estimate of drug-likeness (QED) is 0.800. The molecule has 0 aromatic heterocycles. The van der Waals surface area contributed by atoms with Gasteiger partial charge in [-0.15, -0.1) is 0 Å². The molecule has 1 amide bonds. The van der Waals surface area contributed by atoms with Gasteiger partial charge in [-0.05, 0) is 24.6 Å². The molecule has 1 aromatic rings. The Kier molecular flexibility index (Phi) is 3.35. The number of carbonyl (C=O) groups excluding carboxylic acids is 1. The molecule has 0 saturated heterocycles. The van der Waals surface area contributed by atoms with Crippen LogP contribution in [0.25, 0.3) is 0 Å². The monoisotopic (exact) mass is 258 g/mol. The van der Waals surface area contributed by atoms with Crippen LogP contribution in [0.3, 0.4) is 0 Å². The fraction of sp³-hybridized carbons (Fsp3) is 0.222. The Labute approximate surface area is 90.3 Å². The normalized spacial score (nSPS) is 9.86. The Balaban J connectivity index is 2.91. The van der Waals surface area contributed by atoms with Gasteiger partial charge in [0.1, 0.15) is 5.75 Å². The highest BCUT2D eigenvalue weighted by Gasteiger charge is 2.07. The number of amides is 1. The van der Waals surface area contributed by atoms with E-state index in [1.165, 1.54) is 0 Å². The van der Waals surface area contributed by atoms with Gasteiger partial charge < -0.3 is 16.2 Å². The molecule has 1 rings (SSSR count). The summed E-state index contributed by atoms with van der Waals surface area (Å²) >= 11 is 3.30. The van der Waals surface area contributed by atoms with Gasteiger partial charge in [-0.3, -0.25) is 4.79 Å². The van der Waals surface area contributed by atoms with E-state index in [2.05, 4.69) is 15.9 Å². The smallest absolute Gasteiger partial charge is 0.255 e. The average Bonchev–Trinajstić information content (AvgIpc) is 2.01. The molecule has 0 aliphatic rings. The Hall–Kier alpha value is -1.23. The minimum atomic E-state index is -0.522. The second kappa shape index (κ2) is 4.32. The Morgan fingerprint density at radius 3 is 2.71 bits per heavy atom. The average molecular weight is 259 g/mol. The fourth-order valence-electron chi connectivity index (χ4n) is 1.10. The highest BCUT2D eigenvalue weighted by atomic mass is 79.9. The molecule has 4 nitrogen and oxygen atoms in total. The van der Waals surface area contributed by atoms with E-state index < -0.39 is 5.91 Å². The minimum absolute atomic E-state index is 0.160. The predicted octanol–water partition coefficient (Wildman–Crippen LogP) is 1.20. The van der Waals surface area contributed by atoms with Gasteiger partial charge in [-0.25, -0.2) is 0 Å². The molecule has 5 heteroatoms. The first kappa shape index (κ1) is 10.8. The van der Waals surface area contributed by atoms with Gasteiger partial charge in [0.2, 0.25) is 0 Å². The molecular formula is C9H11BrN2O2. The maximum Gasteiger partial charge on any atom is 0.255 e. The molecule has 0 heterocycles. The highest BCUT2D eigenvalue weighted by molar-refractivity contribution is 9.10. The fourth-order valence-corrected chi connectivity index (χ4v) is 1.69. The van der Waals surface area contributed by atoms with Crippen molar-refractivity contribution in [2.24, 2.45) is 5.73 Å². The summed E-state index contributed by atoms with van der Waals surface area (Å²) in [6.45, 7) is 1.68. The first-order valence-corrected chi connectivity index (χ1v) is 4.76. The zero-order valence-corrected chi connectivity index (χ0v) is 9.30. The number of primary amides is 1. The van der Waals surface area contributed by atoms with Gasteiger partial charge in [0.25, 0.3) is 5.91 Å². The van der Waals surface area contributed by atoms with Crippen LogP contribution < -0.4 is 16.2 Å². The number of aryl methyl sites for hydroxylation is 1. The number of ether oxygens (including phenoxy) is 1. The van der Waals surface area contributed by atoms with Crippen LogP contribution in [0.5, 0.6) is 5.75 Å². The van der Waals surface area contributed by atoms with E-state index in [9.17, 15) is 4.79 Å². The number of nitrogens with two attached hydrogens (primary N) is 2. The zero-order chi connectivity index (χ0) is 10.7. The molecule has 0 bridgehead atoms. The van der Waals surface area contributed by atoms with Crippen molar-refractivity contribution >= 4 is 27.5 Å². The topological polar surface area (TPSA) is 78.3 Å². The van der Waals surface area contributed by atoms with E-state index in [1.807, 2.05) is 13.0 Å². The van der Waals surface area contributed by atoms with Crippen molar-refractivity contribution < 1.29 is 9.53 Å². The molecule has 0 atom stereocenters. The molecule has 1 aromatic carbocycles. The largest absolute Gasteiger partial charge is 0.481 e. The number of carbonyl (C=O) groups is 1. The summed E-state index contributed by atoms with van der Waals surface area (Å²) in [5.74, 6) is -0.0151. The molecule has 0 unspecified atom stereocenters. The van der Waals surface area contributed by atoms with Crippen molar-refractivity contribution in [2.45, 2.75) is 6.92 Å². The van der Waals surface area contributed by atoms with E-state index in [1.54, 1.807) is 6.07 Å². The molecule has 0 aliphatic heterocycles. The minimum Gasteiger partial charge on any atom is -0.481 e. The van der Waals surface area contributed by atoms with Crippen LogP contribution in [-0.2, 0) is 4.79 Å². The van der Waals surface area contributed by atoms with Crippen molar-refractivity contribution in [3.63, 3.8) is 0 Å². The SMILES string of the molecule is Cc1cc(Br)cc(N)c1OCC(N)=O. The lowest BCUT2D eigenvalue weighted by molar-refractivity contribution is -0.119. The third kappa shape index (κ3) is 2.63. The molecule has 76 valence electrons. The maximum absolute atomic E-state index is 10.5. The third-order valence-electron chi connectivity index (χ3n) is 1.63. The second-order valence-electron chi connectivity index (χ2n) is 2.90. The molecule has 0 fully saturated rings. The van der Waals surface area contributed by atoms with E-state index in [4.69, 9.17) is 16.2 Å². The Bertz CT molecular complexity index is 343. The molecule has 0 aliphatic carbocycles. The van der Waals surface area contributed by atoms with Crippen molar-refractivity contribution in [1.82, 2.24) is 0 Å². The van der Waals surface area contributed by atoms with Crippen LogP contribution in [0.2, 0.25) is 0 Å². The number of halogens is 1. The summed E-state index contributed by atoms with van der Waals surface area (Å²) in [6.07, 6.45) is 0. The number of benzene rings is 1. The number of nitrogen functional groups attached to an aromatic ring is 1. The van der Waals surface area contributed by atoms with Crippen molar-refractivity contribution in [2.75, 3.05) is 12.3 Å². The van der Waals surface area contributed by atoms with Crippen LogP contribution in [0.1, 0.15) is 5.56 Å². The maximum atomic E-state index is 10.5. The number of hydrogen-bond acceptors (Lipinski definition) is 3.